The molecule has 2 heterocycles. The molecular formula is C15H19N3O. The second-order valence-electron chi connectivity index (χ2n) is 4.61. The number of Topliss-reactive ketones (excluding diaryl/α,β-unsaturated/α-hetero) is 1. The second-order valence-corrected chi connectivity index (χ2v) is 4.61. The van der Waals surface area contributed by atoms with Crippen molar-refractivity contribution in [1.29, 1.82) is 0 Å². The van der Waals surface area contributed by atoms with Crippen LogP contribution in [-0.4, -0.2) is 33.3 Å². The summed E-state index contributed by atoms with van der Waals surface area (Å²) in [6.45, 7) is 4.02. The fraction of sp³-hybridized carbons (Fsp3) is 0.333. The van der Waals surface area contributed by atoms with Crippen LogP contribution in [0.3, 0.4) is 0 Å². The first-order chi connectivity index (χ1) is 9.19. The number of carbonyl (C=O) groups excluding carboxylic acids is 1. The molecule has 100 valence electrons. The molecule has 4 nitrogen and oxygen atoms in total. The molecular weight excluding hydrogens is 238 g/mol. The Morgan fingerprint density at radius 2 is 2.21 bits per heavy atom. The van der Waals surface area contributed by atoms with Crippen molar-refractivity contribution in [2.24, 2.45) is 7.05 Å². The lowest BCUT2D eigenvalue weighted by Gasteiger charge is -2.18. The topological polar surface area (TPSA) is 38.1 Å². The van der Waals surface area contributed by atoms with Crippen molar-refractivity contribution >= 4 is 5.78 Å². The maximum atomic E-state index is 12.1. The molecule has 0 amide bonds. The van der Waals surface area contributed by atoms with E-state index < -0.39 is 0 Å². The van der Waals surface area contributed by atoms with Gasteiger partial charge in [0.15, 0.2) is 5.78 Å². The van der Waals surface area contributed by atoms with Crippen LogP contribution in [-0.2, 0) is 13.6 Å². The highest BCUT2D eigenvalue weighted by Gasteiger charge is 2.12. The molecule has 0 N–H and O–H groups in total. The van der Waals surface area contributed by atoms with Gasteiger partial charge in [0, 0.05) is 37.7 Å². The number of likely N-dealkylation sites (N-methyl/N-ethyl adjacent to an activating group) is 1. The van der Waals surface area contributed by atoms with Crippen LogP contribution in [0.15, 0.2) is 42.9 Å². The molecule has 0 fully saturated rings. The van der Waals surface area contributed by atoms with Gasteiger partial charge in [-0.25, -0.2) is 0 Å². The molecule has 0 aliphatic rings. The molecule has 0 aromatic carbocycles. The molecule has 0 saturated carbocycles. The SMILES string of the molecule is CCN(CC(=O)c1ccn(C)c1)Cc1ccccn1. The fourth-order valence-corrected chi connectivity index (χ4v) is 1.96. The third-order valence-corrected chi connectivity index (χ3v) is 3.08. The summed E-state index contributed by atoms with van der Waals surface area (Å²) in [6, 6.07) is 7.71. The minimum absolute atomic E-state index is 0.151. The molecule has 0 atom stereocenters. The molecule has 2 aromatic heterocycles. The van der Waals surface area contributed by atoms with Crippen LogP contribution in [0.1, 0.15) is 23.0 Å². The molecule has 2 rings (SSSR count). The Balaban J connectivity index is 1.97. The number of pyridine rings is 1. The van der Waals surface area contributed by atoms with Crippen LogP contribution in [0.4, 0.5) is 0 Å². The Labute approximate surface area is 113 Å². The summed E-state index contributed by atoms with van der Waals surface area (Å²) in [5.41, 5.74) is 1.76. The lowest BCUT2D eigenvalue weighted by molar-refractivity contribution is 0.0929. The van der Waals surface area contributed by atoms with Gasteiger partial charge in [-0.1, -0.05) is 13.0 Å². The quantitative estimate of drug-likeness (QED) is 0.744. The van der Waals surface area contributed by atoms with E-state index >= 15 is 0 Å². The van der Waals surface area contributed by atoms with E-state index in [0.29, 0.717) is 13.1 Å². The number of ketones is 1. The third-order valence-electron chi connectivity index (χ3n) is 3.08. The van der Waals surface area contributed by atoms with Crippen LogP contribution in [0, 0.1) is 0 Å². The summed E-state index contributed by atoms with van der Waals surface area (Å²) in [5, 5.41) is 0. The average molecular weight is 257 g/mol. The molecule has 0 spiro atoms. The van der Waals surface area contributed by atoms with Crippen molar-refractivity contribution < 1.29 is 4.79 Å². The number of carbonyl (C=O) groups is 1. The summed E-state index contributed by atoms with van der Waals surface area (Å²) in [7, 11) is 1.92. The standard InChI is InChI=1S/C15H19N3O/c1-3-18(11-14-6-4-5-8-16-14)12-15(19)13-7-9-17(2)10-13/h4-10H,3,11-12H2,1-2H3. The third kappa shape index (κ3) is 3.76. The maximum Gasteiger partial charge on any atom is 0.178 e. The number of rotatable bonds is 6. The fourth-order valence-electron chi connectivity index (χ4n) is 1.96. The number of nitrogens with zero attached hydrogens (tertiary/aromatic N) is 3. The first kappa shape index (κ1) is 13.5. The highest BCUT2D eigenvalue weighted by Crippen LogP contribution is 2.05. The minimum Gasteiger partial charge on any atom is -0.357 e. The summed E-state index contributed by atoms with van der Waals surface area (Å²) < 4.78 is 1.89. The minimum atomic E-state index is 0.151. The molecule has 0 unspecified atom stereocenters. The number of hydrogen-bond acceptors (Lipinski definition) is 3. The zero-order valence-electron chi connectivity index (χ0n) is 11.4. The van der Waals surface area contributed by atoms with E-state index in [0.717, 1.165) is 17.8 Å². The van der Waals surface area contributed by atoms with Crippen LogP contribution < -0.4 is 0 Å². The van der Waals surface area contributed by atoms with Gasteiger partial charge in [0.2, 0.25) is 0 Å². The monoisotopic (exact) mass is 257 g/mol. The Morgan fingerprint density at radius 1 is 1.37 bits per heavy atom. The zero-order valence-corrected chi connectivity index (χ0v) is 11.4. The van der Waals surface area contributed by atoms with E-state index in [1.54, 1.807) is 6.20 Å². The van der Waals surface area contributed by atoms with Gasteiger partial charge in [-0.15, -0.1) is 0 Å². The summed E-state index contributed by atoms with van der Waals surface area (Å²) >= 11 is 0. The predicted molar refractivity (Wildman–Crippen MR) is 74.9 cm³/mol. The van der Waals surface area contributed by atoms with Crippen LogP contribution in [0.25, 0.3) is 0 Å². The van der Waals surface area contributed by atoms with Crippen molar-refractivity contribution in [2.45, 2.75) is 13.5 Å². The average Bonchev–Trinajstić information content (AvgIpc) is 2.86. The summed E-state index contributed by atoms with van der Waals surface area (Å²) in [4.78, 5) is 18.5. The number of aromatic nitrogens is 2. The van der Waals surface area contributed by atoms with E-state index in [9.17, 15) is 4.79 Å². The Hall–Kier alpha value is -1.94. The lowest BCUT2D eigenvalue weighted by atomic mass is 10.2. The number of hydrogen-bond donors (Lipinski definition) is 0. The van der Waals surface area contributed by atoms with Gasteiger partial charge in [0.1, 0.15) is 0 Å². The van der Waals surface area contributed by atoms with Gasteiger partial charge in [-0.2, -0.15) is 0 Å². The number of aryl methyl sites for hydroxylation is 1. The summed E-state index contributed by atoms with van der Waals surface area (Å²) in [6.07, 6.45) is 5.53. The van der Waals surface area contributed by atoms with E-state index in [1.807, 2.05) is 48.3 Å². The van der Waals surface area contributed by atoms with Crippen molar-refractivity contribution in [3.05, 3.63) is 54.1 Å². The van der Waals surface area contributed by atoms with Gasteiger partial charge in [-0.3, -0.25) is 14.7 Å². The largest absolute Gasteiger partial charge is 0.357 e. The van der Waals surface area contributed by atoms with Crippen LogP contribution in [0.5, 0.6) is 0 Å². The highest BCUT2D eigenvalue weighted by atomic mass is 16.1. The molecule has 19 heavy (non-hydrogen) atoms. The lowest BCUT2D eigenvalue weighted by Crippen LogP contribution is -2.29. The Kier molecular flexibility index (Phi) is 4.47. The molecule has 2 aromatic rings. The molecule has 0 saturated heterocycles. The molecule has 0 radical (unpaired) electrons. The molecule has 0 bridgehead atoms. The zero-order chi connectivity index (χ0) is 13.7. The van der Waals surface area contributed by atoms with Gasteiger partial charge in [0.05, 0.1) is 12.2 Å². The normalized spacial score (nSPS) is 10.9. The van der Waals surface area contributed by atoms with Gasteiger partial charge in [-0.05, 0) is 24.7 Å². The Bertz CT molecular complexity index is 533. The Morgan fingerprint density at radius 3 is 2.79 bits per heavy atom. The van der Waals surface area contributed by atoms with E-state index in [-0.39, 0.29) is 5.78 Å². The smallest absolute Gasteiger partial charge is 0.178 e. The molecule has 4 heteroatoms. The van der Waals surface area contributed by atoms with Crippen molar-refractivity contribution in [1.82, 2.24) is 14.5 Å². The van der Waals surface area contributed by atoms with Gasteiger partial charge in [0.25, 0.3) is 0 Å². The van der Waals surface area contributed by atoms with Crippen LogP contribution in [0.2, 0.25) is 0 Å². The predicted octanol–water partition coefficient (Wildman–Crippen LogP) is 2.12. The van der Waals surface area contributed by atoms with Crippen molar-refractivity contribution in [3.8, 4) is 0 Å². The van der Waals surface area contributed by atoms with Crippen LogP contribution >= 0.6 is 0 Å². The first-order valence-electron chi connectivity index (χ1n) is 6.46. The second kappa shape index (κ2) is 6.29. The van der Waals surface area contributed by atoms with E-state index in [2.05, 4.69) is 16.8 Å². The first-order valence-corrected chi connectivity index (χ1v) is 6.46. The highest BCUT2D eigenvalue weighted by molar-refractivity contribution is 5.97. The maximum absolute atomic E-state index is 12.1. The van der Waals surface area contributed by atoms with E-state index in [4.69, 9.17) is 0 Å². The summed E-state index contributed by atoms with van der Waals surface area (Å²) in [5.74, 6) is 0.151. The van der Waals surface area contributed by atoms with Crippen molar-refractivity contribution in [2.75, 3.05) is 13.1 Å². The van der Waals surface area contributed by atoms with Gasteiger partial charge < -0.3 is 4.57 Å². The molecule has 0 aliphatic carbocycles. The van der Waals surface area contributed by atoms with Crippen molar-refractivity contribution in [3.63, 3.8) is 0 Å². The van der Waals surface area contributed by atoms with E-state index in [1.165, 1.54) is 0 Å². The van der Waals surface area contributed by atoms with Gasteiger partial charge >= 0.3 is 0 Å². The molecule has 0 aliphatic heterocycles.